The lowest BCUT2D eigenvalue weighted by Gasteiger charge is -2.19. The molecule has 0 aliphatic carbocycles. The molecule has 0 fully saturated rings. The number of nitrogens with zero attached hydrogens (tertiary/aromatic N) is 3. The summed E-state index contributed by atoms with van der Waals surface area (Å²) in [4.78, 5) is 31.2. The highest BCUT2D eigenvalue weighted by molar-refractivity contribution is 7.10. The lowest BCUT2D eigenvalue weighted by molar-refractivity contribution is -0.121. The molecule has 2 heterocycles. The Bertz CT molecular complexity index is 761. The number of hydrogen-bond donors (Lipinski definition) is 4. The molecule has 0 saturated carbocycles. The topological polar surface area (TPSA) is 149 Å². The van der Waals surface area contributed by atoms with E-state index in [4.69, 9.17) is 11.5 Å². The zero-order valence-corrected chi connectivity index (χ0v) is 14.3. The van der Waals surface area contributed by atoms with Crippen LogP contribution in [0.15, 0.2) is 12.3 Å². The van der Waals surface area contributed by atoms with E-state index in [1.165, 1.54) is 17.7 Å². The van der Waals surface area contributed by atoms with Crippen LogP contribution < -0.4 is 22.1 Å². The van der Waals surface area contributed by atoms with Gasteiger partial charge in [-0.2, -0.15) is 4.37 Å². The van der Waals surface area contributed by atoms with E-state index >= 15 is 0 Å². The molecule has 0 aromatic carbocycles. The first-order chi connectivity index (χ1) is 11.3. The summed E-state index contributed by atoms with van der Waals surface area (Å²) in [5.74, 6) is -0.908. The van der Waals surface area contributed by atoms with E-state index in [1.807, 2.05) is 13.0 Å². The third kappa shape index (κ3) is 4.16. The van der Waals surface area contributed by atoms with Gasteiger partial charge in [0.25, 0.3) is 5.91 Å². The Morgan fingerprint density at radius 2 is 2.00 bits per heavy atom. The Labute approximate surface area is 143 Å². The van der Waals surface area contributed by atoms with Gasteiger partial charge >= 0.3 is 0 Å². The standard InChI is InChI=1S/C14H19N7O2S/c1-6-4-10(24-21-6)20-14-11(13(16)23)17-5-9(19-14)18-8(3)7(2)12(15)22/h4-5,7-8H,1-3H3,(H2,15,22)(H2,16,23)(H2,18,19,20). The SMILES string of the molecule is Cc1cc(Nc2nc(NC(C)C(C)C(N)=O)cnc2C(N)=O)sn1. The third-order valence-corrected chi connectivity index (χ3v) is 4.25. The van der Waals surface area contributed by atoms with E-state index in [-0.39, 0.29) is 17.6 Å². The van der Waals surface area contributed by atoms with Gasteiger partial charge in [-0.1, -0.05) is 6.92 Å². The van der Waals surface area contributed by atoms with Crippen LogP contribution in [0.1, 0.15) is 30.0 Å². The molecule has 2 rings (SSSR count). The molecule has 128 valence electrons. The summed E-state index contributed by atoms with van der Waals surface area (Å²) in [6.45, 7) is 5.37. The number of aryl methyl sites for hydroxylation is 1. The van der Waals surface area contributed by atoms with Crippen LogP contribution in [0, 0.1) is 12.8 Å². The Kier molecular flexibility index (Phi) is 5.29. The highest BCUT2D eigenvalue weighted by Crippen LogP contribution is 2.23. The maximum Gasteiger partial charge on any atom is 0.271 e. The Balaban J connectivity index is 2.27. The van der Waals surface area contributed by atoms with Crippen molar-refractivity contribution in [1.29, 1.82) is 0 Å². The lowest BCUT2D eigenvalue weighted by Crippen LogP contribution is -2.34. The summed E-state index contributed by atoms with van der Waals surface area (Å²) in [6.07, 6.45) is 1.38. The van der Waals surface area contributed by atoms with Gasteiger partial charge in [0.15, 0.2) is 11.5 Å². The van der Waals surface area contributed by atoms with Gasteiger partial charge in [-0.15, -0.1) is 0 Å². The van der Waals surface area contributed by atoms with E-state index in [9.17, 15) is 9.59 Å². The van der Waals surface area contributed by atoms with Gasteiger partial charge in [-0.3, -0.25) is 9.59 Å². The molecule has 0 saturated heterocycles. The second-order valence-corrected chi connectivity index (χ2v) is 6.20. The number of primary amides is 2. The van der Waals surface area contributed by atoms with Gasteiger partial charge in [0.05, 0.1) is 17.8 Å². The summed E-state index contributed by atoms with van der Waals surface area (Å²) in [5, 5.41) is 6.74. The molecule has 0 aliphatic heterocycles. The summed E-state index contributed by atoms with van der Waals surface area (Å²) in [7, 11) is 0. The Morgan fingerprint density at radius 3 is 2.54 bits per heavy atom. The molecule has 0 radical (unpaired) electrons. The van der Waals surface area contributed by atoms with Gasteiger partial charge < -0.3 is 22.1 Å². The second-order valence-electron chi connectivity index (χ2n) is 5.40. The average Bonchev–Trinajstić information content (AvgIpc) is 2.91. The lowest BCUT2D eigenvalue weighted by atomic mass is 10.0. The van der Waals surface area contributed by atoms with Gasteiger partial charge in [-0.05, 0) is 31.4 Å². The second kappa shape index (κ2) is 7.21. The summed E-state index contributed by atoms with van der Waals surface area (Å²) < 4.78 is 4.15. The zero-order valence-electron chi connectivity index (χ0n) is 13.5. The smallest absolute Gasteiger partial charge is 0.271 e. The fourth-order valence-corrected chi connectivity index (χ4v) is 2.53. The quantitative estimate of drug-likeness (QED) is 0.582. The maximum absolute atomic E-state index is 11.5. The van der Waals surface area contributed by atoms with Crippen LogP contribution in [0.4, 0.5) is 16.6 Å². The average molecular weight is 349 g/mol. The van der Waals surface area contributed by atoms with Crippen LogP contribution in [0.2, 0.25) is 0 Å². The van der Waals surface area contributed by atoms with Crippen molar-refractivity contribution in [2.75, 3.05) is 10.6 Å². The van der Waals surface area contributed by atoms with E-state index in [1.54, 1.807) is 13.8 Å². The van der Waals surface area contributed by atoms with Crippen LogP contribution >= 0.6 is 11.5 Å². The van der Waals surface area contributed by atoms with E-state index in [0.29, 0.717) is 10.8 Å². The highest BCUT2D eigenvalue weighted by atomic mass is 32.1. The van der Waals surface area contributed by atoms with Crippen LogP contribution in [-0.2, 0) is 4.79 Å². The molecule has 2 amide bonds. The highest BCUT2D eigenvalue weighted by Gasteiger charge is 2.19. The van der Waals surface area contributed by atoms with Crippen molar-refractivity contribution in [3.63, 3.8) is 0 Å². The van der Waals surface area contributed by atoms with Crippen molar-refractivity contribution >= 4 is 40.0 Å². The first-order valence-corrected chi connectivity index (χ1v) is 7.98. The van der Waals surface area contributed by atoms with E-state index in [2.05, 4.69) is 25.0 Å². The molecular formula is C14H19N7O2S. The van der Waals surface area contributed by atoms with E-state index in [0.717, 1.165) is 5.69 Å². The predicted octanol–water partition coefficient (Wildman–Crippen LogP) is 1.01. The number of anilines is 3. The largest absolute Gasteiger partial charge is 0.369 e. The van der Waals surface area contributed by atoms with Crippen LogP contribution in [0.3, 0.4) is 0 Å². The number of carbonyl (C=O) groups is 2. The van der Waals surface area contributed by atoms with Crippen molar-refractivity contribution in [3.8, 4) is 0 Å². The molecular weight excluding hydrogens is 330 g/mol. The minimum atomic E-state index is -0.698. The third-order valence-electron chi connectivity index (χ3n) is 3.45. The first kappa shape index (κ1) is 17.6. The zero-order chi connectivity index (χ0) is 17.9. The molecule has 0 aliphatic rings. The minimum Gasteiger partial charge on any atom is -0.369 e. The van der Waals surface area contributed by atoms with Gasteiger partial charge in [-0.25, -0.2) is 9.97 Å². The number of aromatic nitrogens is 3. The molecule has 6 N–H and O–H groups in total. The van der Waals surface area contributed by atoms with E-state index < -0.39 is 17.7 Å². The Morgan fingerprint density at radius 1 is 1.29 bits per heavy atom. The van der Waals surface area contributed by atoms with Crippen LogP contribution in [0.25, 0.3) is 0 Å². The molecule has 24 heavy (non-hydrogen) atoms. The first-order valence-electron chi connectivity index (χ1n) is 7.21. The fourth-order valence-electron chi connectivity index (χ4n) is 1.87. The number of hydrogen-bond acceptors (Lipinski definition) is 8. The van der Waals surface area contributed by atoms with Gasteiger partial charge in [0.2, 0.25) is 5.91 Å². The number of carbonyl (C=O) groups excluding carboxylic acids is 2. The molecule has 0 spiro atoms. The number of amides is 2. The molecule has 2 aromatic heterocycles. The van der Waals surface area contributed by atoms with Crippen LogP contribution in [-0.4, -0.2) is 32.2 Å². The molecule has 2 atom stereocenters. The van der Waals surface area contributed by atoms with Crippen LogP contribution in [0.5, 0.6) is 0 Å². The van der Waals surface area contributed by atoms with Crippen molar-refractivity contribution in [3.05, 3.63) is 23.7 Å². The maximum atomic E-state index is 11.5. The monoisotopic (exact) mass is 349 g/mol. The van der Waals surface area contributed by atoms with Crippen molar-refractivity contribution in [1.82, 2.24) is 14.3 Å². The van der Waals surface area contributed by atoms with Crippen molar-refractivity contribution < 1.29 is 9.59 Å². The van der Waals surface area contributed by atoms with Gasteiger partial charge in [0.1, 0.15) is 10.8 Å². The normalized spacial score (nSPS) is 13.1. The molecule has 2 aromatic rings. The molecule has 10 heteroatoms. The molecule has 9 nitrogen and oxygen atoms in total. The van der Waals surface area contributed by atoms with Crippen molar-refractivity contribution in [2.24, 2.45) is 17.4 Å². The summed E-state index contributed by atoms with van der Waals surface area (Å²) in [6, 6.07) is 1.56. The number of nitrogens with one attached hydrogen (secondary N) is 2. The number of rotatable bonds is 7. The Hall–Kier alpha value is -2.75. The molecule has 0 bridgehead atoms. The predicted molar refractivity (Wildman–Crippen MR) is 92.1 cm³/mol. The summed E-state index contributed by atoms with van der Waals surface area (Å²) >= 11 is 1.23. The molecule has 2 unspecified atom stereocenters. The minimum absolute atomic E-state index is 0.0159. The van der Waals surface area contributed by atoms with Crippen molar-refractivity contribution in [2.45, 2.75) is 26.8 Å². The fraction of sp³-hybridized carbons (Fsp3) is 0.357. The number of nitrogens with two attached hydrogens (primary N) is 2. The summed E-state index contributed by atoms with van der Waals surface area (Å²) in [5.41, 5.74) is 11.5. The van der Waals surface area contributed by atoms with Gasteiger partial charge in [0, 0.05) is 6.04 Å².